The molecule has 11 heteroatoms. The van der Waals surface area contributed by atoms with Gasteiger partial charge in [-0.3, -0.25) is 15.0 Å². The van der Waals surface area contributed by atoms with E-state index >= 15 is 0 Å². The van der Waals surface area contributed by atoms with E-state index in [-0.39, 0.29) is 36.2 Å². The summed E-state index contributed by atoms with van der Waals surface area (Å²) in [5, 5.41) is 18.3. The molecule has 0 spiro atoms. The number of hydrogen-bond donors (Lipinski definition) is 4. The largest absolute Gasteiger partial charge is 0.384 e. The maximum atomic E-state index is 12.9. The number of aliphatic hydroxyl groups is 1. The highest BCUT2D eigenvalue weighted by Crippen LogP contribution is 2.25. The van der Waals surface area contributed by atoms with Crippen molar-refractivity contribution < 1.29 is 23.1 Å². The van der Waals surface area contributed by atoms with Crippen LogP contribution in [0.3, 0.4) is 0 Å². The van der Waals surface area contributed by atoms with E-state index in [0.29, 0.717) is 11.3 Å². The zero-order valence-electron chi connectivity index (χ0n) is 16.6. The highest BCUT2D eigenvalue weighted by molar-refractivity contribution is 7.93. The monoisotopic (exact) mass is 466 g/mol. The molecule has 0 aliphatic carbocycles. The van der Waals surface area contributed by atoms with E-state index in [9.17, 15) is 23.1 Å². The Balaban J connectivity index is 0.00000341. The predicted octanol–water partition coefficient (Wildman–Crippen LogP) is 0.830. The van der Waals surface area contributed by atoms with Crippen LogP contribution in [0.25, 0.3) is 0 Å². The first-order valence-electron chi connectivity index (χ1n) is 9.13. The fraction of sp³-hybridized carbons (Fsp3) is 0.250. The number of nitrogens with zero attached hydrogens (tertiary/aromatic N) is 1. The number of aliphatic hydroxyl groups excluding tert-OH is 1. The van der Waals surface area contributed by atoms with Crippen molar-refractivity contribution in [3.8, 4) is 0 Å². The highest BCUT2D eigenvalue weighted by Gasteiger charge is 2.48. The SMILES string of the molecule is Cc1ccc(N2CCS(=O)(=O)C(C(O)C(=O)Nc3ccc(C(=N)N)cc3)C2=O)cc1.Cl. The van der Waals surface area contributed by atoms with Crippen LogP contribution < -0.4 is 16.0 Å². The summed E-state index contributed by atoms with van der Waals surface area (Å²) < 4.78 is 25.0. The van der Waals surface area contributed by atoms with Crippen molar-refractivity contribution in [2.45, 2.75) is 18.3 Å². The second kappa shape index (κ2) is 9.46. The minimum atomic E-state index is -4.02. The number of aryl methyl sites for hydroxylation is 1. The zero-order valence-corrected chi connectivity index (χ0v) is 18.2. The van der Waals surface area contributed by atoms with Crippen LogP contribution >= 0.6 is 12.4 Å². The quantitative estimate of drug-likeness (QED) is 0.378. The number of sulfone groups is 1. The van der Waals surface area contributed by atoms with Crippen molar-refractivity contribution in [2.24, 2.45) is 5.73 Å². The van der Waals surface area contributed by atoms with Crippen molar-refractivity contribution >= 4 is 51.3 Å². The number of carbonyl (C=O) groups excluding carboxylic acids is 2. The second-order valence-electron chi connectivity index (χ2n) is 7.04. The van der Waals surface area contributed by atoms with E-state index in [1.54, 1.807) is 24.3 Å². The Labute approximate surface area is 186 Å². The summed E-state index contributed by atoms with van der Waals surface area (Å²) in [7, 11) is -4.02. The van der Waals surface area contributed by atoms with Gasteiger partial charge in [-0.05, 0) is 43.3 Å². The van der Waals surface area contributed by atoms with Crippen molar-refractivity contribution in [3.05, 3.63) is 59.7 Å². The second-order valence-corrected chi connectivity index (χ2v) is 9.28. The average molecular weight is 467 g/mol. The van der Waals surface area contributed by atoms with Gasteiger partial charge in [0.05, 0.1) is 5.75 Å². The van der Waals surface area contributed by atoms with Crippen LogP contribution in [-0.2, 0) is 19.4 Å². The first-order chi connectivity index (χ1) is 14.1. The molecule has 1 fully saturated rings. The van der Waals surface area contributed by atoms with Crippen molar-refractivity contribution in [1.29, 1.82) is 5.41 Å². The topological polar surface area (TPSA) is 154 Å². The molecule has 1 heterocycles. The third kappa shape index (κ3) is 5.22. The van der Waals surface area contributed by atoms with Gasteiger partial charge in [-0.15, -0.1) is 12.4 Å². The van der Waals surface area contributed by atoms with Crippen LogP contribution in [0.1, 0.15) is 11.1 Å². The number of nitrogen functional groups attached to an aromatic ring is 1. The number of rotatable bonds is 5. The molecule has 1 aliphatic heterocycles. The van der Waals surface area contributed by atoms with Gasteiger partial charge in [-0.2, -0.15) is 0 Å². The first-order valence-corrected chi connectivity index (χ1v) is 10.8. The lowest BCUT2D eigenvalue weighted by molar-refractivity contribution is -0.129. The van der Waals surface area contributed by atoms with Crippen LogP contribution in [0.2, 0.25) is 0 Å². The Kier molecular flexibility index (Phi) is 7.42. The van der Waals surface area contributed by atoms with E-state index in [4.69, 9.17) is 11.1 Å². The van der Waals surface area contributed by atoms with E-state index in [1.807, 2.05) is 6.92 Å². The Morgan fingerprint density at radius 2 is 1.77 bits per heavy atom. The van der Waals surface area contributed by atoms with Crippen molar-refractivity contribution in [2.75, 3.05) is 22.5 Å². The van der Waals surface area contributed by atoms with E-state index in [2.05, 4.69) is 5.32 Å². The highest BCUT2D eigenvalue weighted by atomic mass is 35.5. The van der Waals surface area contributed by atoms with Gasteiger partial charge in [-0.25, -0.2) is 8.42 Å². The van der Waals surface area contributed by atoms with Gasteiger partial charge < -0.3 is 21.1 Å². The van der Waals surface area contributed by atoms with Crippen molar-refractivity contribution in [1.82, 2.24) is 0 Å². The van der Waals surface area contributed by atoms with Gasteiger partial charge in [0, 0.05) is 23.5 Å². The Morgan fingerprint density at radius 3 is 2.32 bits per heavy atom. The molecule has 0 saturated carbocycles. The molecule has 0 bridgehead atoms. The molecule has 9 nitrogen and oxygen atoms in total. The summed E-state index contributed by atoms with van der Waals surface area (Å²) in [5.74, 6) is -2.38. The Bertz CT molecular complexity index is 1090. The molecule has 2 atom stereocenters. The number of anilines is 2. The summed E-state index contributed by atoms with van der Waals surface area (Å²) in [6.45, 7) is 1.83. The lowest BCUT2D eigenvalue weighted by atomic mass is 10.1. The Morgan fingerprint density at radius 1 is 1.19 bits per heavy atom. The van der Waals surface area contributed by atoms with Crippen LogP contribution in [0, 0.1) is 12.3 Å². The fourth-order valence-electron chi connectivity index (χ4n) is 3.16. The molecule has 2 aromatic rings. The summed E-state index contributed by atoms with van der Waals surface area (Å²) in [6.07, 6.45) is -2.08. The molecule has 5 N–H and O–H groups in total. The number of nitrogens with one attached hydrogen (secondary N) is 2. The molecule has 31 heavy (non-hydrogen) atoms. The molecule has 3 rings (SSSR count). The molecule has 1 saturated heterocycles. The molecule has 2 unspecified atom stereocenters. The van der Waals surface area contributed by atoms with Gasteiger partial charge in [0.25, 0.3) is 5.91 Å². The predicted molar refractivity (Wildman–Crippen MR) is 120 cm³/mol. The number of nitrogens with two attached hydrogens (primary N) is 1. The van der Waals surface area contributed by atoms with Gasteiger partial charge in [0.15, 0.2) is 21.2 Å². The number of benzene rings is 2. The Hall–Kier alpha value is -2.95. The van der Waals surface area contributed by atoms with Gasteiger partial charge >= 0.3 is 0 Å². The molecule has 2 amide bonds. The molecular formula is C20H23ClN4O5S. The maximum absolute atomic E-state index is 12.9. The lowest BCUT2D eigenvalue weighted by Crippen LogP contribution is -2.58. The van der Waals surface area contributed by atoms with E-state index in [1.165, 1.54) is 29.2 Å². The standard InChI is InChI=1S/C20H22N4O5S.ClH/c1-12-2-8-15(9-3-12)24-10-11-30(28,29)17(20(24)27)16(25)19(26)23-14-6-4-13(5-7-14)18(21)22;/h2-9,16-17,25H,10-11H2,1H3,(H3,21,22)(H,23,26);1H. The molecular weight excluding hydrogens is 444 g/mol. The van der Waals surface area contributed by atoms with Crippen LogP contribution in [0.15, 0.2) is 48.5 Å². The lowest BCUT2D eigenvalue weighted by Gasteiger charge is -2.33. The molecule has 166 valence electrons. The average Bonchev–Trinajstić information content (AvgIpc) is 2.69. The third-order valence-corrected chi connectivity index (χ3v) is 6.85. The number of carbonyl (C=O) groups is 2. The molecule has 0 radical (unpaired) electrons. The summed E-state index contributed by atoms with van der Waals surface area (Å²) >= 11 is 0. The van der Waals surface area contributed by atoms with E-state index < -0.39 is 33.0 Å². The fourth-order valence-corrected chi connectivity index (χ4v) is 4.80. The van der Waals surface area contributed by atoms with E-state index in [0.717, 1.165) is 5.56 Å². The maximum Gasteiger partial charge on any atom is 0.255 e. The normalized spacial score (nSPS) is 18.6. The molecule has 2 aromatic carbocycles. The molecule has 0 aromatic heterocycles. The van der Waals surface area contributed by atoms with Gasteiger partial charge in [0.2, 0.25) is 5.91 Å². The molecule has 1 aliphatic rings. The van der Waals surface area contributed by atoms with Crippen LogP contribution in [0.4, 0.5) is 11.4 Å². The van der Waals surface area contributed by atoms with Gasteiger partial charge in [0.1, 0.15) is 5.84 Å². The summed E-state index contributed by atoms with van der Waals surface area (Å²) in [4.78, 5) is 26.7. The first kappa shape index (κ1) is 24.3. The smallest absolute Gasteiger partial charge is 0.255 e. The summed E-state index contributed by atoms with van der Waals surface area (Å²) in [6, 6.07) is 12.8. The van der Waals surface area contributed by atoms with Crippen molar-refractivity contribution in [3.63, 3.8) is 0 Å². The number of amidine groups is 1. The number of hydrogen-bond acceptors (Lipinski definition) is 6. The van der Waals surface area contributed by atoms with Gasteiger partial charge in [-0.1, -0.05) is 17.7 Å². The van der Waals surface area contributed by atoms with Crippen LogP contribution in [-0.4, -0.2) is 54.8 Å². The van der Waals surface area contributed by atoms with Crippen LogP contribution in [0.5, 0.6) is 0 Å². The minimum Gasteiger partial charge on any atom is -0.384 e. The number of amides is 2. The number of halogens is 1. The zero-order chi connectivity index (χ0) is 22.1. The minimum absolute atomic E-state index is 0. The summed E-state index contributed by atoms with van der Waals surface area (Å²) in [5.41, 5.74) is 7.55. The third-order valence-electron chi connectivity index (χ3n) is 4.86.